The molecule has 16 heavy (non-hydrogen) atoms. The van der Waals surface area contributed by atoms with Gasteiger partial charge in [-0.2, -0.15) is 0 Å². The summed E-state index contributed by atoms with van der Waals surface area (Å²) in [4.78, 5) is 0. The lowest BCUT2D eigenvalue weighted by atomic mass is 9.97. The Hall–Kier alpha value is -1.96. The van der Waals surface area contributed by atoms with E-state index in [4.69, 9.17) is 11.5 Å². The second kappa shape index (κ2) is 3.89. The summed E-state index contributed by atoms with van der Waals surface area (Å²) in [5.74, 6) is 0. The lowest BCUT2D eigenvalue weighted by Crippen LogP contribution is -1.93. The molecule has 0 amide bonds. The molecular formula is C14H16N2. The van der Waals surface area contributed by atoms with Crippen LogP contribution in [0.2, 0.25) is 0 Å². The third-order valence-electron chi connectivity index (χ3n) is 2.96. The average molecular weight is 212 g/mol. The van der Waals surface area contributed by atoms with E-state index >= 15 is 0 Å². The van der Waals surface area contributed by atoms with Crippen LogP contribution >= 0.6 is 0 Å². The Bertz CT molecular complexity index is 530. The summed E-state index contributed by atoms with van der Waals surface area (Å²) >= 11 is 0. The highest BCUT2D eigenvalue weighted by molar-refractivity contribution is 5.74. The number of rotatable bonds is 1. The molecule has 0 saturated carbocycles. The molecule has 0 spiro atoms. The maximum Gasteiger partial charge on any atom is 0.0349 e. The van der Waals surface area contributed by atoms with E-state index in [1.165, 1.54) is 5.56 Å². The van der Waals surface area contributed by atoms with Gasteiger partial charge in [-0.15, -0.1) is 0 Å². The van der Waals surface area contributed by atoms with Crippen molar-refractivity contribution in [2.45, 2.75) is 13.8 Å². The summed E-state index contributed by atoms with van der Waals surface area (Å²) in [7, 11) is 0. The van der Waals surface area contributed by atoms with Gasteiger partial charge in [-0.3, -0.25) is 0 Å². The Balaban J connectivity index is 2.59. The van der Waals surface area contributed by atoms with Crippen LogP contribution in [0.25, 0.3) is 11.1 Å². The van der Waals surface area contributed by atoms with Crippen molar-refractivity contribution in [2.75, 3.05) is 11.5 Å². The Morgan fingerprint density at radius 1 is 0.875 bits per heavy atom. The van der Waals surface area contributed by atoms with Crippen LogP contribution in [0.5, 0.6) is 0 Å². The van der Waals surface area contributed by atoms with E-state index in [2.05, 4.69) is 12.1 Å². The van der Waals surface area contributed by atoms with E-state index in [0.29, 0.717) is 0 Å². The minimum absolute atomic E-state index is 0.824. The average Bonchev–Trinajstić information content (AvgIpc) is 2.26. The number of anilines is 2. The molecule has 0 heterocycles. The molecule has 2 nitrogen and oxygen atoms in total. The molecule has 82 valence electrons. The lowest BCUT2D eigenvalue weighted by molar-refractivity contribution is 1.43. The lowest BCUT2D eigenvalue weighted by Gasteiger charge is -2.10. The number of hydrogen-bond donors (Lipinski definition) is 2. The second-order valence-electron chi connectivity index (χ2n) is 4.09. The van der Waals surface area contributed by atoms with Crippen molar-refractivity contribution < 1.29 is 0 Å². The Morgan fingerprint density at radius 2 is 1.62 bits per heavy atom. The first-order valence-corrected chi connectivity index (χ1v) is 5.31. The predicted molar refractivity (Wildman–Crippen MR) is 70.2 cm³/mol. The summed E-state index contributed by atoms with van der Waals surface area (Å²) in [5, 5.41) is 0. The van der Waals surface area contributed by atoms with Crippen molar-refractivity contribution in [1.82, 2.24) is 0 Å². The summed E-state index contributed by atoms with van der Waals surface area (Å²) in [6.45, 7) is 4.05. The zero-order valence-corrected chi connectivity index (χ0v) is 9.62. The summed E-state index contributed by atoms with van der Waals surface area (Å²) in [5.41, 5.74) is 17.9. The van der Waals surface area contributed by atoms with E-state index in [-0.39, 0.29) is 0 Å². The van der Waals surface area contributed by atoms with Crippen LogP contribution < -0.4 is 11.5 Å². The Morgan fingerprint density at radius 3 is 2.31 bits per heavy atom. The predicted octanol–water partition coefficient (Wildman–Crippen LogP) is 3.13. The van der Waals surface area contributed by atoms with E-state index in [1.54, 1.807) is 0 Å². The van der Waals surface area contributed by atoms with Crippen LogP contribution in [0, 0.1) is 13.8 Å². The zero-order chi connectivity index (χ0) is 11.7. The monoisotopic (exact) mass is 212 g/mol. The van der Waals surface area contributed by atoms with Gasteiger partial charge in [0.1, 0.15) is 0 Å². The van der Waals surface area contributed by atoms with E-state index in [1.807, 2.05) is 38.1 Å². The molecule has 0 radical (unpaired) electrons. The normalized spacial score (nSPS) is 10.4. The van der Waals surface area contributed by atoms with Crippen molar-refractivity contribution in [3.63, 3.8) is 0 Å². The standard InChI is InChI=1S/C14H16N2/c1-9-8-11(6-7-13(9)15)12-4-3-5-14(16)10(12)2/h3-8H,15-16H2,1-2H3. The van der Waals surface area contributed by atoms with Gasteiger partial charge in [-0.05, 0) is 54.3 Å². The van der Waals surface area contributed by atoms with Crippen LogP contribution in [0.4, 0.5) is 11.4 Å². The van der Waals surface area contributed by atoms with Gasteiger partial charge < -0.3 is 11.5 Å². The smallest absolute Gasteiger partial charge is 0.0349 e. The SMILES string of the molecule is Cc1cc(-c2cccc(N)c2C)ccc1N. The van der Waals surface area contributed by atoms with Crippen LogP contribution in [-0.2, 0) is 0 Å². The van der Waals surface area contributed by atoms with E-state index in [0.717, 1.165) is 28.1 Å². The molecule has 0 aliphatic heterocycles. The number of nitrogen functional groups attached to an aromatic ring is 2. The fourth-order valence-corrected chi connectivity index (χ4v) is 1.81. The molecule has 2 aromatic rings. The second-order valence-corrected chi connectivity index (χ2v) is 4.09. The molecule has 0 bridgehead atoms. The molecule has 0 atom stereocenters. The van der Waals surface area contributed by atoms with Crippen molar-refractivity contribution >= 4 is 11.4 Å². The molecule has 4 N–H and O–H groups in total. The third-order valence-corrected chi connectivity index (χ3v) is 2.96. The minimum atomic E-state index is 0.824. The number of nitrogens with two attached hydrogens (primary N) is 2. The van der Waals surface area contributed by atoms with Gasteiger partial charge in [-0.25, -0.2) is 0 Å². The van der Waals surface area contributed by atoms with Crippen molar-refractivity contribution in [2.24, 2.45) is 0 Å². The van der Waals surface area contributed by atoms with Gasteiger partial charge in [0.05, 0.1) is 0 Å². The molecule has 2 rings (SSSR count). The Kier molecular flexibility index (Phi) is 2.57. The molecular weight excluding hydrogens is 196 g/mol. The van der Waals surface area contributed by atoms with Gasteiger partial charge in [0.25, 0.3) is 0 Å². The van der Waals surface area contributed by atoms with Gasteiger partial charge in [0.2, 0.25) is 0 Å². The van der Waals surface area contributed by atoms with Gasteiger partial charge in [0.15, 0.2) is 0 Å². The number of benzene rings is 2. The van der Waals surface area contributed by atoms with Crippen LogP contribution in [0.3, 0.4) is 0 Å². The van der Waals surface area contributed by atoms with E-state index < -0.39 is 0 Å². The van der Waals surface area contributed by atoms with Crippen LogP contribution in [0.1, 0.15) is 11.1 Å². The first kappa shape index (κ1) is 10.6. The zero-order valence-electron chi connectivity index (χ0n) is 9.62. The number of hydrogen-bond acceptors (Lipinski definition) is 2. The first-order valence-electron chi connectivity index (χ1n) is 5.31. The minimum Gasteiger partial charge on any atom is -0.399 e. The van der Waals surface area contributed by atoms with Crippen molar-refractivity contribution in [3.05, 3.63) is 47.5 Å². The van der Waals surface area contributed by atoms with Crippen LogP contribution in [0.15, 0.2) is 36.4 Å². The number of aryl methyl sites for hydroxylation is 1. The highest BCUT2D eigenvalue weighted by Gasteiger charge is 2.05. The third kappa shape index (κ3) is 1.74. The van der Waals surface area contributed by atoms with Gasteiger partial charge >= 0.3 is 0 Å². The molecule has 0 aromatic heterocycles. The molecule has 0 unspecified atom stereocenters. The molecule has 2 heteroatoms. The fourth-order valence-electron chi connectivity index (χ4n) is 1.81. The molecule has 0 fully saturated rings. The Labute approximate surface area is 95.9 Å². The van der Waals surface area contributed by atoms with Gasteiger partial charge in [0, 0.05) is 11.4 Å². The largest absolute Gasteiger partial charge is 0.399 e. The maximum absolute atomic E-state index is 5.90. The quantitative estimate of drug-likeness (QED) is 0.713. The first-order chi connectivity index (χ1) is 7.59. The fraction of sp³-hybridized carbons (Fsp3) is 0.143. The summed E-state index contributed by atoms with van der Waals surface area (Å²) in [6, 6.07) is 12.0. The molecule has 0 aliphatic rings. The summed E-state index contributed by atoms with van der Waals surface area (Å²) < 4.78 is 0. The molecule has 0 aliphatic carbocycles. The summed E-state index contributed by atoms with van der Waals surface area (Å²) in [6.07, 6.45) is 0. The highest BCUT2D eigenvalue weighted by Crippen LogP contribution is 2.28. The molecule has 2 aromatic carbocycles. The highest BCUT2D eigenvalue weighted by atomic mass is 14.6. The molecule has 0 saturated heterocycles. The maximum atomic E-state index is 5.90. The topological polar surface area (TPSA) is 52.0 Å². The van der Waals surface area contributed by atoms with Crippen LogP contribution in [-0.4, -0.2) is 0 Å². The van der Waals surface area contributed by atoms with E-state index in [9.17, 15) is 0 Å². The van der Waals surface area contributed by atoms with Crippen molar-refractivity contribution in [3.8, 4) is 11.1 Å². The van der Waals surface area contributed by atoms with Gasteiger partial charge in [-0.1, -0.05) is 18.2 Å². The van der Waals surface area contributed by atoms with Crippen molar-refractivity contribution in [1.29, 1.82) is 0 Å².